The number of hydrogen-bond acceptors (Lipinski definition) is 5. The molecule has 5 nitrogen and oxygen atoms in total. The molecule has 2 aromatic carbocycles. The maximum absolute atomic E-state index is 12.9. The van der Waals surface area contributed by atoms with Gasteiger partial charge in [-0.25, -0.2) is 4.98 Å². The first-order chi connectivity index (χ1) is 14.3. The molecule has 0 fully saturated rings. The Labute approximate surface area is 174 Å². The largest absolute Gasteiger partial charge is 0.486 e. The molecule has 0 spiro atoms. The van der Waals surface area contributed by atoms with Gasteiger partial charge < -0.3 is 9.47 Å². The lowest BCUT2D eigenvalue weighted by Gasteiger charge is -2.18. The highest BCUT2D eigenvalue weighted by molar-refractivity contribution is 7.15. The van der Waals surface area contributed by atoms with Crippen LogP contribution in [0.5, 0.6) is 11.5 Å². The summed E-state index contributed by atoms with van der Waals surface area (Å²) in [4.78, 5) is 17.7. The second-order valence-electron chi connectivity index (χ2n) is 6.72. The van der Waals surface area contributed by atoms with Gasteiger partial charge in [-0.05, 0) is 36.8 Å². The Kier molecular flexibility index (Phi) is 5.38. The Morgan fingerprint density at radius 3 is 2.67 bits per heavy atom. The number of nitrogens with zero attached hydrogens (tertiary/aromatic N) is 1. The molecule has 156 valence electrons. The van der Waals surface area contributed by atoms with Crippen LogP contribution in [0.25, 0.3) is 0 Å². The molecule has 3 aromatic rings. The first-order valence-electron chi connectivity index (χ1n) is 9.13. The predicted octanol–water partition coefficient (Wildman–Crippen LogP) is 5.08. The summed E-state index contributed by atoms with van der Waals surface area (Å²) in [6.07, 6.45) is -4.09. The van der Waals surface area contributed by atoms with Crippen molar-refractivity contribution in [1.29, 1.82) is 0 Å². The maximum atomic E-state index is 12.9. The molecule has 1 aliphatic heterocycles. The van der Waals surface area contributed by atoms with Gasteiger partial charge in [0.1, 0.15) is 13.2 Å². The molecule has 0 atom stereocenters. The van der Waals surface area contributed by atoms with Gasteiger partial charge in [-0.1, -0.05) is 18.2 Å². The Balaban J connectivity index is 1.48. The lowest BCUT2D eigenvalue weighted by Crippen LogP contribution is -2.17. The second kappa shape index (κ2) is 7.98. The minimum Gasteiger partial charge on any atom is -0.486 e. The van der Waals surface area contributed by atoms with Crippen molar-refractivity contribution in [3.63, 3.8) is 0 Å². The number of carbonyl (C=O) groups is 1. The van der Waals surface area contributed by atoms with Gasteiger partial charge >= 0.3 is 6.18 Å². The average Bonchev–Trinajstić information content (AvgIpc) is 3.05. The smallest absolute Gasteiger partial charge is 0.416 e. The highest BCUT2D eigenvalue weighted by Crippen LogP contribution is 2.33. The standard InChI is InChI=1S/C21H17F3N2O3S/c1-12-18(10-13-3-2-4-15(9-13)21(22,23)24)30-20(25-12)26-19(27)14-5-6-16-17(11-14)29-8-7-28-16/h2-6,9,11H,7-8,10H2,1H3,(H,25,26,27). The third-order valence-electron chi connectivity index (χ3n) is 4.54. The number of halogens is 3. The van der Waals surface area contributed by atoms with Crippen LogP contribution in [0, 0.1) is 6.92 Å². The lowest BCUT2D eigenvalue weighted by molar-refractivity contribution is -0.137. The van der Waals surface area contributed by atoms with E-state index in [1.165, 1.54) is 17.4 Å². The number of carbonyl (C=O) groups excluding carboxylic acids is 1. The number of aromatic nitrogens is 1. The third kappa shape index (κ3) is 4.40. The molecule has 2 heterocycles. The molecule has 1 aromatic heterocycles. The Morgan fingerprint density at radius 2 is 1.90 bits per heavy atom. The molecular weight excluding hydrogens is 417 g/mol. The summed E-state index contributed by atoms with van der Waals surface area (Å²) in [5.74, 6) is 0.743. The van der Waals surface area contributed by atoms with Crippen molar-refractivity contribution >= 4 is 22.4 Å². The van der Waals surface area contributed by atoms with Crippen LogP contribution in [0.15, 0.2) is 42.5 Å². The number of thiazole rings is 1. The van der Waals surface area contributed by atoms with E-state index in [1.807, 2.05) is 0 Å². The molecule has 0 bridgehead atoms. The van der Waals surface area contributed by atoms with Gasteiger partial charge in [-0.3, -0.25) is 10.1 Å². The van der Waals surface area contributed by atoms with E-state index in [2.05, 4.69) is 10.3 Å². The van der Waals surface area contributed by atoms with Gasteiger partial charge in [0.25, 0.3) is 5.91 Å². The monoisotopic (exact) mass is 434 g/mol. The number of anilines is 1. The van der Waals surface area contributed by atoms with Crippen molar-refractivity contribution in [3.8, 4) is 11.5 Å². The second-order valence-corrected chi connectivity index (χ2v) is 7.80. The Hall–Kier alpha value is -3.07. The zero-order chi connectivity index (χ0) is 21.3. The summed E-state index contributed by atoms with van der Waals surface area (Å²) in [6.45, 7) is 2.65. The molecule has 1 amide bonds. The van der Waals surface area contributed by atoms with E-state index in [1.54, 1.807) is 31.2 Å². The predicted molar refractivity (Wildman–Crippen MR) is 106 cm³/mol. The lowest BCUT2D eigenvalue weighted by atomic mass is 10.1. The van der Waals surface area contributed by atoms with Crippen LogP contribution in [0.3, 0.4) is 0 Å². The molecule has 0 aliphatic carbocycles. The summed E-state index contributed by atoms with van der Waals surface area (Å²) in [5.41, 5.74) is 0.900. The van der Waals surface area contributed by atoms with Crippen molar-refractivity contribution in [2.75, 3.05) is 18.5 Å². The fourth-order valence-electron chi connectivity index (χ4n) is 3.04. The third-order valence-corrected chi connectivity index (χ3v) is 5.61. The van der Waals surface area contributed by atoms with Gasteiger partial charge in [0.05, 0.1) is 11.3 Å². The van der Waals surface area contributed by atoms with Crippen LogP contribution in [0.4, 0.5) is 18.3 Å². The van der Waals surface area contributed by atoms with Crippen molar-refractivity contribution in [2.45, 2.75) is 19.5 Å². The van der Waals surface area contributed by atoms with Crippen LogP contribution in [0.2, 0.25) is 0 Å². The quantitative estimate of drug-likeness (QED) is 0.622. The van der Waals surface area contributed by atoms with Crippen LogP contribution >= 0.6 is 11.3 Å². The topological polar surface area (TPSA) is 60.5 Å². The first-order valence-corrected chi connectivity index (χ1v) is 9.95. The highest BCUT2D eigenvalue weighted by Gasteiger charge is 2.30. The van der Waals surface area contributed by atoms with Crippen LogP contribution < -0.4 is 14.8 Å². The number of benzene rings is 2. The minimum absolute atomic E-state index is 0.299. The fourth-order valence-corrected chi connectivity index (χ4v) is 4.03. The van der Waals surface area contributed by atoms with Gasteiger partial charge in [0.15, 0.2) is 16.6 Å². The van der Waals surface area contributed by atoms with E-state index in [-0.39, 0.29) is 5.91 Å². The number of alkyl halides is 3. The van der Waals surface area contributed by atoms with E-state index in [0.29, 0.717) is 53.1 Å². The number of aryl methyl sites for hydroxylation is 1. The highest BCUT2D eigenvalue weighted by atomic mass is 32.1. The van der Waals surface area contributed by atoms with Gasteiger partial charge in [-0.2, -0.15) is 13.2 Å². The molecule has 4 rings (SSSR count). The van der Waals surface area contributed by atoms with Crippen LogP contribution in [-0.4, -0.2) is 24.1 Å². The summed E-state index contributed by atoms with van der Waals surface area (Å²) in [7, 11) is 0. The first kappa shape index (κ1) is 20.2. The van der Waals surface area contributed by atoms with Gasteiger partial charge in [0, 0.05) is 16.9 Å². The van der Waals surface area contributed by atoms with Crippen molar-refractivity contribution in [3.05, 3.63) is 69.7 Å². The van der Waals surface area contributed by atoms with Crippen molar-refractivity contribution in [1.82, 2.24) is 4.98 Å². The number of amides is 1. The zero-order valence-corrected chi connectivity index (χ0v) is 16.7. The molecule has 0 unspecified atom stereocenters. The molecule has 0 radical (unpaired) electrons. The fraction of sp³-hybridized carbons (Fsp3) is 0.238. The SMILES string of the molecule is Cc1nc(NC(=O)c2ccc3c(c2)OCCO3)sc1Cc1cccc(C(F)(F)F)c1. The van der Waals surface area contributed by atoms with E-state index >= 15 is 0 Å². The molecular formula is C21H17F3N2O3S. The van der Waals surface area contributed by atoms with Gasteiger partial charge in [0.2, 0.25) is 0 Å². The number of nitrogens with one attached hydrogen (secondary N) is 1. The molecule has 9 heteroatoms. The summed E-state index contributed by atoms with van der Waals surface area (Å²) >= 11 is 1.24. The maximum Gasteiger partial charge on any atom is 0.416 e. The van der Waals surface area contributed by atoms with Gasteiger partial charge in [-0.15, -0.1) is 11.3 Å². The van der Waals surface area contributed by atoms with E-state index < -0.39 is 11.7 Å². The number of rotatable bonds is 4. The minimum atomic E-state index is -4.39. The van der Waals surface area contributed by atoms with E-state index in [9.17, 15) is 18.0 Å². The summed E-state index contributed by atoms with van der Waals surface area (Å²) in [6, 6.07) is 10.1. The number of hydrogen-bond donors (Lipinski definition) is 1. The molecule has 0 saturated heterocycles. The number of fused-ring (bicyclic) bond motifs is 1. The molecule has 30 heavy (non-hydrogen) atoms. The van der Waals surface area contributed by atoms with Crippen molar-refractivity contribution < 1.29 is 27.4 Å². The van der Waals surface area contributed by atoms with Crippen molar-refractivity contribution in [2.24, 2.45) is 0 Å². The molecule has 1 aliphatic rings. The van der Waals surface area contributed by atoms with Crippen LogP contribution in [-0.2, 0) is 12.6 Å². The van der Waals surface area contributed by atoms with E-state index in [4.69, 9.17) is 9.47 Å². The number of ether oxygens (including phenoxy) is 2. The van der Waals surface area contributed by atoms with Crippen LogP contribution in [0.1, 0.15) is 32.1 Å². The Morgan fingerprint density at radius 1 is 1.13 bits per heavy atom. The average molecular weight is 434 g/mol. The normalized spacial score (nSPS) is 13.2. The molecule has 1 N–H and O–H groups in total. The zero-order valence-electron chi connectivity index (χ0n) is 15.9. The summed E-state index contributed by atoms with van der Waals surface area (Å²) < 4.78 is 49.7. The molecule has 0 saturated carbocycles. The summed E-state index contributed by atoms with van der Waals surface area (Å²) in [5, 5.41) is 3.12. The Bertz CT molecular complexity index is 1100. The van der Waals surface area contributed by atoms with E-state index in [0.717, 1.165) is 17.0 Å².